The van der Waals surface area contributed by atoms with Crippen LogP contribution >= 0.6 is 0 Å². The van der Waals surface area contributed by atoms with E-state index in [0.717, 1.165) is 18.4 Å². The van der Waals surface area contributed by atoms with Crippen LogP contribution in [0.5, 0.6) is 0 Å². The number of pyridine rings is 1. The molecule has 1 aliphatic carbocycles. The van der Waals surface area contributed by atoms with Crippen LogP contribution in [0.15, 0.2) is 47.5 Å². The average molecular weight is 345 g/mol. The molecule has 0 unspecified atom stereocenters. The summed E-state index contributed by atoms with van der Waals surface area (Å²) in [6, 6.07) is 9.57. The number of aromatic nitrogens is 1. The number of rotatable bonds is 6. The first-order valence-electron chi connectivity index (χ1n) is 7.78. The lowest BCUT2D eigenvalue weighted by molar-refractivity contribution is 0.102. The lowest BCUT2D eigenvalue weighted by Gasteiger charge is -2.09. The maximum Gasteiger partial charge on any atom is 0.256 e. The third kappa shape index (κ3) is 4.18. The van der Waals surface area contributed by atoms with Crippen LogP contribution < -0.4 is 10.0 Å². The van der Waals surface area contributed by atoms with Gasteiger partial charge in [-0.3, -0.25) is 4.79 Å². The van der Waals surface area contributed by atoms with E-state index in [0.29, 0.717) is 18.3 Å². The molecule has 2 aromatic rings. The Labute approximate surface area is 141 Å². The van der Waals surface area contributed by atoms with E-state index >= 15 is 0 Å². The van der Waals surface area contributed by atoms with E-state index in [1.807, 2.05) is 13.0 Å². The summed E-state index contributed by atoms with van der Waals surface area (Å²) >= 11 is 0. The molecule has 1 heterocycles. The van der Waals surface area contributed by atoms with E-state index in [4.69, 9.17) is 0 Å². The maximum absolute atomic E-state index is 12.3. The molecular weight excluding hydrogens is 326 g/mol. The van der Waals surface area contributed by atoms with Gasteiger partial charge in [0.1, 0.15) is 5.82 Å². The Morgan fingerprint density at radius 1 is 1.25 bits per heavy atom. The van der Waals surface area contributed by atoms with Gasteiger partial charge in [0.15, 0.2) is 0 Å². The van der Waals surface area contributed by atoms with Crippen LogP contribution in [-0.2, 0) is 10.0 Å². The number of anilines is 1. The zero-order chi connectivity index (χ0) is 17.2. The number of carbonyl (C=O) groups excluding carboxylic acids is 1. The highest BCUT2D eigenvalue weighted by Gasteiger charge is 2.24. The molecule has 126 valence electrons. The van der Waals surface area contributed by atoms with Crippen molar-refractivity contribution >= 4 is 21.7 Å². The van der Waals surface area contributed by atoms with Gasteiger partial charge in [-0.05, 0) is 61.6 Å². The molecule has 0 bridgehead atoms. The predicted molar refractivity (Wildman–Crippen MR) is 91.3 cm³/mol. The molecule has 1 aliphatic rings. The summed E-state index contributed by atoms with van der Waals surface area (Å²) in [7, 11) is -3.60. The Morgan fingerprint density at radius 2 is 2.04 bits per heavy atom. The van der Waals surface area contributed by atoms with E-state index in [2.05, 4.69) is 15.0 Å². The third-order valence-corrected chi connectivity index (χ3v) is 5.24. The molecule has 1 saturated carbocycles. The van der Waals surface area contributed by atoms with Gasteiger partial charge < -0.3 is 5.32 Å². The topological polar surface area (TPSA) is 88.2 Å². The van der Waals surface area contributed by atoms with Crippen LogP contribution in [0.25, 0.3) is 0 Å². The zero-order valence-electron chi connectivity index (χ0n) is 13.3. The molecule has 1 aromatic heterocycles. The van der Waals surface area contributed by atoms with Crippen molar-refractivity contribution in [1.29, 1.82) is 0 Å². The Kier molecular flexibility index (Phi) is 4.64. The highest BCUT2D eigenvalue weighted by Crippen LogP contribution is 2.28. The van der Waals surface area contributed by atoms with Crippen LogP contribution in [0, 0.1) is 12.8 Å². The second-order valence-corrected chi connectivity index (χ2v) is 7.76. The summed E-state index contributed by atoms with van der Waals surface area (Å²) < 4.78 is 27.2. The quantitative estimate of drug-likeness (QED) is 0.841. The highest BCUT2D eigenvalue weighted by molar-refractivity contribution is 7.89. The summed E-state index contributed by atoms with van der Waals surface area (Å²) in [4.78, 5) is 16.5. The van der Waals surface area contributed by atoms with Crippen molar-refractivity contribution < 1.29 is 13.2 Å². The van der Waals surface area contributed by atoms with Gasteiger partial charge in [0.05, 0.1) is 4.90 Å². The normalized spacial score (nSPS) is 14.4. The van der Waals surface area contributed by atoms with Crippen LogP contribution in [0.4, 0.5) is 5.82 Å². The molecule has 1 fully saturated rings. The van der Waals surface area contributed by atoms with Crippen molar-refractivity contribution in [2.24, 2.45) is 5.92 Å². The largest absolute Gasteiger partial charge is 0.307 e. The van der Waals surface area contributed by atoms with Crippen LogP contribution in [0.3, 0.4) is 0 Å². The molecule has 0 spiro atoms. The van der Waals surface area contributed by atoms with E-state index in [-0.39, 0.29) is 10.5 Å². The number of amides is 1. The summed E-state index contributed by atoms with van der Waals surface area (Å²) in [5, 5.41) is 2.67. The predicted octanol–water partition coefficient (Wildman–Crippen LogP) is 2.33. The van der Waals surface area contributed by atoms with Gasteiger partial charge in [0.2, 0.25) is 10.0 Å². The van der Waals surface area contributed by atoms with Gasteiger partial charge in [0, 0.05) is 18.3 Å². The fraction of sp³-hybridized carbons (Fsp3) is 0.294. The molecule has 6 nitrogen and oxygen atoms in total. The van der Waals surface area contributed by atoms with E-state index in [9.17, 15) is 13.2 Å². The first-order chi connectivity index (χ1) is 11.4. The number of nitrogens with zero attached hydrogens (tertiary/aromatic N) is 1. The van der Waals surface area contributed by atoms with Crippen molar-refractivity contribution in [3.63, 3.8) is 0 Å². The lowest BCUT2D eigenvalue weighted by Crippen LogP contribution is -2.26. The standard InChI is InChI=1S/C17H19N3O3S/c1-12-7-8-18-16(9-12)20-17(21)14-3-2-4-15(10-14)24(22,23)19-11-13-5-6-13/h2-4,7-10,13,19H,5-6,11H2,1H3,(H,18,20,21). The Morgan fingerprint density at radius 3 is 2.75 bits per heavy atom. The fourth-order valence-electron chi connectivity index (χ4n) is 2.23. The van der Waals surface area contributed by atoms with Gasteiger partial charge in [-0.2, -0.15) is 0 Å². The first-order valence-corrected chi connectivity index (χ1v) is 9.26. The van der Waals surface area contributed by atoms with Crippen LogP contribution in [0.2, 0.25) is 0 Å². The van der Waals surface area contributed by atoms with Gasteiger partial charge >= 0.3 is 0 Å². The molecule has 0 saturated heterocycles. The van der Waals surface area contributed by atoms with E-state index in [1.54, 1.807) is 24.4 Å². The highest BCUT2D eigenvalue weighted by atomic mass is 32.2. The molecular formula is C17H19N3O3S. The maximum atomic E-state index is 12.3. The van der Waals surface area contributed by atoms with Crippen molar-refractivity contribution in [3.05, 3.63) is 53.7 Å². The second kappa shape index (κ2) is 6.70. The van der Waals surface area contributed by atoms with Crippen molar-refractivity contribution in [1.82, 2.24) is 9.71 Å². The van der Waals surface area contributed by atoms with Crippen LogP contribution in [-0.4, -0.2) is 25.9 Å². The summed E-state index contributed by atoms with van der Waals surface area (Å²) in [6.45, 7) is 2.35. The first kappa shape index (κ1) is 16.6. The van der Waals surface area contributed by atoms with Crippen molar-refractivity contribution in [2.45, 2.75) is 24.7 Å². The minimum absolute atomic E-state index is 0.0907. The molecule has 0 radical (unpaired) electrons. The minimum atomic E-state index is -3.60. The van der Waals surface area contributed by atoms with Gasteiger partial charge in [-0.25, -0.2) is 18.1 Å². The number of sulfonamides is 1. The van der Waals surface area contributed by atoms with E-state index in [1.165, 1.54) is 12.1 Å². The summed E-state index contributed by atoms with van der Waals surface area (Å²) in [5.41, 5.74) is 1.24. The number of nitrogens with one attached hydrogen (secondary N) is 2. The molecule has 3 rings (SSSR count). The molecule has 1 amide bonds. The van der Waals surface area contributed by atoms with Crippen LogP contribution in [0.1, 0.15) is 28.8 Å². The monoisotopic (exact) mass is 345 g/mol. The van der Waals surface area contributed by atoms with Gasteiger partial charge in [-0.1, -0.05) is 6.07 Å². The number of aryl methyl sites for hydroxylation is 1. The Bertz CT molecular complexity index is 861. The number of carbonyl (C=O) groups is 1. The summed E-state index contributed by atoms with van der Waals surface area (Å²) in [5.74, 6) is 0.478. The fourth-order valence-corrected chi connectivity index (χ4v) is 3.39. The van der Waals surface area contributed by atoms with Crippen molar-refractivity contribution in [3.8, 4) is 0 Å². The van der Waals surface area contributed by atoms with Gasteiger partial charge in [0.25, 0.3) is 5.91 Å². The number of benzene rings is 1. The number of hydrogen-bond donors (Lipinski definition) is 2. The minimum Gasteiger partial charge on any atom is -0.307 e. The second-order valence-electron chi connectivity index (χ2n) is 6.00. The Hall–Kier alpha value is -2.25. The third-order valence-electron chi connectivity index (χ3n) is 3.82. The zero-order valence-corrected chi connectivity index (χ0v) is 14.1. The number of hydrogen-bond acceptors (Lipinski definition) is 4. The van der Waals surface area contributed by atoms with Gasteiger partial charge in [-0.15, -0.1) is 0 Å². The van der Waals surface area contributed by atoms with Crippen molar-refractivity contribution in [2.75, 3.05) is 11.9 Å². The smallest absolute Gasteiger partial charge is 0.256 e. The molecule has 7 heteroatoms. The molecule has 2 N–H and O–H groups in total. The molecule has 0 aliphatic heterocycles. The molecule has 1 aromatic carbocycles. The Balaban J connectivity index is 1.75. The van der Waals surface area contributed by atoms with E-state index < -0.39 is 15.9 Å². The average Bonchev–Trinajstić information content (AvgIpc) is 3.38. The molecule has 0 atom stereocenters. The lowest BCUT2D eigenvalue weighted by atomic mass is 10.2. The molecule has 24 heavy (non-hydrogen) atoms. The summed E-state index contributed by atoms with van der Waals surface area (Å²) in [6.07, 6.45) is 3.73. The SMILES string of the molecule is Cc1ccnc(NC(=O)c2cccc(S(=O)(=O)NCC3CC3)c2)c1.